The molecule has 0 saturated carbocycles. The highest BCUT2D eigenvalue weighted by Gasteiger charge is 2.17. The van der Waals surface area contributed by atoms with Crippen LogP contribution < -0.4 is 4.90 Å². The number of thiazole rings is 1. The highest BCUT2D eigenvalue weighted by molar-refractivity contribution is 7.71. The van der Waals surface area contributed by atoms with Crippen LogP contribution >= 0.6 is 23.6 Å². The van der Waals surface area contributed by atoms with Crippen LogP contribution in [0.15, 0.2) is 40.8 Å². The Labute approximate surface area is 153 Å². The van der Waals surface area contributed by atoms with Crippen molar-refractivity contribution in [2.45, 2.75) is 20.3 Å². The van der Waals surface area contributed by atoms with Gasteiger partial charge in [0.25, 0.3) is 0 Å². The Hall–Kier alpha value is -2.65. The predicted molar refractivity (Wildman–Crippen MR) is 101 cm³/mol. The third-order valence-electron chi connectivity index (χ3n) is 3.37. The van der Waals surface area contributed by atoms with Crippen LogP contribution in [0.5, 0.6) is 0 Å². The van der Waals surface area contributed by atoms with Gasteiger partial charge >= 0.3 is 0 Å². The number of aromatic amines is 1. The quantitative estimate of drug-likeness (QED) is 0.549. The molecule has 2 aromatic heterocycles. The summed E-state index contributed by atoms with van der Waals surface area (Å²) in [7, 11) is 0. The second-order valence-electron chi connectivity index (χ2n) is 5.10. The number of H-pyrrole nitrogens is 1. The van der Waals surface area contributed by atoms with Gasteiger partial charge in [-0.05, 0) is 24.4 Å². The molecular formula is C16H16N6OS2. The fourth-order valence-electron chi connectivity index (χ4n) is 2.23. The highest BCUT2D eigenvalue weighted by atomic mass is 32.1. The van der Waals surface area contributed by atoms with Crippen molar-refractivity contribution in [2.75, 3.05) is 4.90 Å². The molecule has 3 rings (SSSR count). The van der Waals surface area contributed by atoms with Crippen LogP contribution in [0.2, 0.25) is 0 Å². The summed E-state index contributed by atoms with van der Waals surface area (Å²) in [5.74, 6) is 0.640. The maximum Gasteiger partial charge on any atom is 0.230 e. The molecule has 0 atom stereocenters. The number of carbonyl (C=O) groups excluding carboxylic acids is 1. The number of carbonyl (C=O) groups is 1. The number of aromatic nitrogens is 4. The number of para-hydroxylation sites is 1. The lowest BCUT2D eigenvalue weighted by molar-refractivity contribution is -0.115. The molecule has 0 bridgehead atoms. The number of benzene rings is 1. The predicted octanol–water partition coefficient (Wildman–Crippen LogP) is 3.53. The third kappa shape index (κ3) is 3.72. The summed E-state index contributed by atoms with van der Waals surface area (Å²) in [6.07, 6.45) is 2.31. The SMILES string of the molecule is CCc1n[nH]c(=S)n1/N=C\c1csc(N(C(C)=O)c2ccccc2)n1. The lowest BCUT2D eigenvalue weighted by Crippen LogP contribution is -2.22. The van der Waals surface area contributed by atoms with Crippen LogP contribution in [0, 0.1) is 4.77 Å². The second kappa shape index (κ2) is 7.49. The molecule has 3 aromatic rings. The Kier molecular flexibility index (Phi) is 5.15. The van der Waals surface area contributed by atoms with E-state index in [4.69, 9.17) is 12.2 Å². The van der Waals surface area contributed by atoms with E-state index in [1.54, 1.807) is 15.8 Å². The van der Waals surface area contributed by atoms with Gasteiger partial charge in [-0.25, -0.2) is 4.98 Å². The second-order valence-corrected chi connectivity index (χ2v) is 6.32. The minimum Gasteiger partial charge on any atom is -0.274 e. The molecule has 7 nitrogen and oxygen atoms in total. The van der Waals surface area contributed by atoms with E-state index >= 15 is 0 Å². The average molecular weight is 372 g/mol. The molecule has 0 radical (unpaired) electrons. The zero-order valence-electron chi connectivity index (χ0n) is 13.7. The molecule has 0 saturated heterocycles. The fraction of sp³-hybridized carbons (Fsp3) is 0.188. The number of anilines is 2. The first-order chi connectivity index (χ1) is 12.1. The zero-order chi connectivity index (χ0) is 17.8. The first-order valence-electron chi connectivity index (χ1n) is 7.62. The number of aryl methyl sites for hydroxylation is 1. The monoisotopic (exact) mass is 372 g/mol. The summed E-state index contributed by atoms with van der Waals surface area (Å²) in [6.45, 7) is 3.49. The Morgan fingerprint density at radius 1 is 1.44 bits per heavy atom. The van der Waals surface area contributed by atoms with Gasteiger partial charge in [0.05, 0.1) is 17.6 Å². The average Bonchev–Trinajstić information content (AvgIpc) is 3.20. The molecule has 1 aromatic carbocycles. The van der Waals surface area contributed by atoms with Gasteiger partial charge in [0.15, 0.2) is 11.0 Å². The van der Waals surface area contributed by atoms with Crippen LogP contribution in [0.1, 0.15) is 25.4 Å². The van der Waals surface area contributed by atoms with Gasteiger partial charge in [0, 0.05) is 18.7 Å². The number of hydrogen-bond acceptors (Lipinski definition) is 6. The van der Waals surface area contributed by atoms with Crippen molar-refractivity contribution in [1.82, 2.24) is 19.9 Å². The van der Waals surface area contributed by atoms with E-state index in [-0.39, 0.29) is 5.91 Å². The van der Waals surface area contributed by atoms with Crippen molar-refractivity contribution in [3.8, 4) is 0 Å². The molecule has 2 heterocycles. The molecule has 0 aliphatic heterocycles. The normalized spacial score (nSPS) is 11.1. The zero-order valence-corrected chi connectivity index (χ0v) is 15.3. The molecule has 1 amide bonds. The van der Waals surface area contributed by atoms with E-state index in [2.05, 4.69) is 20.3 Å². The number of hydrogen-bond donors (Lipinski definition) is 1. The van der Waals surface area contributed by atoms with E-state index in [0.717, 1.165) is 11.5 Å². The fourth-order valence-corrected chi connectivity index (χ4v) is 3.27. The highest BCUT2D eigenvalue weighted by Crippen LogP contribution is 2.28. The molecule has 128 valence electrons. The van der Waals surface area contributed by atoms with Crippen molar-refractivity contribution in [3.63, 3.8) is 0 Å². The molecule has 0 aliphatic rings. The number of amides is 1. The van der Waals surface area contributed by atoms with E-state index in [1.807, 2.05) is 42.6 Å². The van der Waals surface area contributed by atoms with Crippen LogP contribution in [0.3, 0.4) is 0 Å². The molecule has 9 heteroatoms. The lowest BCUT2D eigenvalue weighted by atomic mass is 10.3. The first-order valence-corrected chi connectivity index (χ1v) is 8.91. The Morgan fingerprint density at radius 2 is 2.20 bits per heavy atom. The Balaban J connectivity index is 1.89. The van der Waals surface area contributed by atoms with Crippen molar-refractivity contribution in [2.24, 2.45) is 5.10 Å². The standard InChI is InChI=1S/C16H16N6OS2/c1-3-14-19-20-15(24)22(14)17-9-12-10-25-16(18-12)21(11(2)23)13-7-5-4-6-8-13/h4-10H,3H2,1-2H3,(H,20,24)/b17-9-. The number of rotatable bonds is 5. The van der Waals surface area contributed by atoms with E-state index in [0.29, 0.717) is 22.0 Å². The Morgan fingerprint density at radius 3 is 2.88 bits per heavy atom. The van der Waals surface area contributed by atoms with Gasteiger partial charge in [-0.15, -0.1) is 11.3 Å². The largest absolute Gasteiger partial charge is 0.274 e. The van der Waals surface area contributed by atoms with Gasteiger partial charge in [-0.2, -0.15) is 14.9 Å². The number of nitrogens with one attached hydrogen (secondary N) is 1. The summed E-state index contributed by atoms with van der Waals surface area (Å²) in [5.41, 5.74) is 1.42. The molecular weight excluding hydrogens is 356 g/mol. The lowest BCUT2D eigenvalue weighted by Gasteiger charge is -2.17. The third-order valence-corrected chi connectivity index (χ3v) is 4.48. The van der Waals surface area contributed by atoms with E-state index < -0.39 is 0 Å². The Bertz CT molecular complexity index is 956. The van der Waals surface area contributed by atoms with Gasteiger partial charge < -0.3 is 0 Å². The van der Waals surface area contributed by atoms with Crippen molar-refractivity contribution >= 4 is 46.5 Å². The van der Waals surface area contributed by atoms with Crippen LogP contribution in [-0.2, 0) is 11.2 Å². The molecule has 0 spiro atoms. The summed E-state index contributed by atoms with van der Waals surface area (Å²) in [5, 5.41) is 13.6. The summed E-state index contributed by atoms with van der Waals surface area (Å²) in [4.78, 5) is 18.1. The summed E-state index contributed by atoms with van der Waals surface area (Å²) in [6, 6.07) is 9.41. The maximum absolute atomic E-state index is 12.1. The first kappa shape index (κ1) is 17.2. The van der Waals surface area contributed by atoms with Crippen molar-refractivity contribution < 1.29 is 4.79 Å². The summed E-state index contributed by atoms with van der Waals surface area (Å²) < 4.78 is 1.99. The number of nitrogens with zero attached hydrogens (tertiary/aromatic N) is 5. The van der Waals surface area contributed by atoms with Crippen LogP contribution in [0.4, 0.5) is 10.8 Å². The van der Waals surface area contributed by atoms with Gasteiger partial charge in [0.2, 0.25) is 10.7 Å². The van der Waals surface area contributed by atoms with E-state index in [9.17, 15) is 4.79 Å². The summed E-state index contributed by atoms with van der Waals surface area (Å²) >= 11 is 6.54. The molecule has 0 aliphatic carbocycles. The molecule has 1 N–H and O–H groups in total. The van der Waals surface area contributed by atoms with Gasteiger partial charge in [0.1, 0.15) is 0 Å². The van der Waals surface area contributed by atoms with Gasteiger partial charge in [-0.3, -0.25) is 14.8 Å². The molecule has 25 heavy (non-hydrogen) atoms. The van der Waals surface area contributed by atoms with E-state index in [1.165, 1.54) is 18.3 Å². The van der Waals surface area contributed by atoms with Crippen LogP contribution in [-0.4, -0.2) is 32.0 Å². The smallest absolute Gasteiger partial charge is 0.230 e. The maximum atomic E-state index is 12.1. The molecule has 0 unspecified atom stereocenters. The van der Waals surface area contributed by atoms with Gasteiger partial charge in [-0.1, -0.05) is 25.1 Å². The van der Waals surface area contributed by atoms with Crippen LogP contribution in [0.25, 0.3) is 0 Å². The topological polar surface area (TPSA) is 79.2 Å². The van der Waals surface area contributed by atoms with Crippen molar-refractivity contribution in [1.29, 1.82) is 0 Å². The molecule has 0 fully saturated rings. The minimum atomic E-state index is -0.102. The van der Waals surface area contributed by atoms with Crippen molar-refractivity contribution in [3.05, 3.63) is 52.0 Å². The minimum absolute atomic E-state index is 0.102.